The Morgan fingerprint density at radius 2 is 2.12 bits per heavy atom. The van der Waals surface area contributed by atoms with Gasteiger partial charge in [-0.1, -0.05) is 0 Å². The van der Waals surface area contributed by atoms with E-state index in [1.54, 1.807) is 12.5 Å². The van der Waals surface area contributed by atoms with Crippen LogP contribution in [0.25, 0.3) is 0 Å². The number of aliphatic imine (C=N–C) groups is 1. The summed E-state index contributed by atoms with van der Waals surface area (Å²) in [6.07, 6.45) is 3.44. The van der Waals surface area contributed by atoms with Crippen molar-refractivity contribution in [3.8, 4) is 11.5 Å². The lowest BCUT2D eigenvalue weighted by Crippen LogP contribution is -1.92. The van der Waals surface area contributed by atoms with Crippen LogP contribution in [-0.2, 0) is 6.54 Å². The summed E-state index contributed by atoms with van der Waals surface area (Å²) in [6, 6.07) is 9.49. The largest absolute Gasteiger partial charge is 0.467 e. The van der Waals surface area contributed by atoms with Crippen LogP contribution >= 0.6 is 0 Å². The van der Waals surface area contributed by atoms with Crippen molar-refractivity contribution in [1.82, 2.24) is 0 Å². The van der Waals surface area contributed by atoms with Gasteiger partial charge in [0.05, 0.1) is 12.8 Å². The molecule has 0 aliphatic carbocycles. The van der Waals surface area contributed by atoms with Crippen molar-refractivity contribution in [2.45, 2.75) is 6.54 Å². The molecule has 4 heteroatoms. The first-order valence-corrected chi connectivity index (χ1v) is 5.34. The van der Waals surface area contributed by atoms with E-state index in [9.17, 15) is 0 Å². The summed E-state index contributed by atoms with van der Waals surface area (Å²) in [5.74, 6) is 2.40. The van der Waals surface area contributed by atoms with Crippen LogP contribution in [0.15, 0.2) is 46.0 Å². The van der Waals surface area contributed by atoms with E-state index in [1.807, 2.05) is 30.3 Å². The van der Waals surface area contributed by atoms with E-state index < -0.39 is 0 Å². The molecule has 0 radical (unpaired) electrons. The van der Waals surface area contributed by atoms with Crippen molar-refractivity contribution >= 4 is 6.21 Å². The summed E-state index contributed by atoms with van der Waals surface area (Å²) >= 11 is 0. The number of fused-ring (bicyclic) bond motifs is 1. The van der Waals surface area contributed by atoms with Gasteiger partial charge in [0.15, 0.2) is 11.5 Å². The Balaban J connectivity index is 1.70. The van der Waals surface area contributed by atoms with Crippen molar-refractivity contribution < 1.29 is 13.9 Å². The number of hydrogen-bond acceptors (Lipinski definition) is 4. The molecule has 0 unspecified atom stereocenters. The molecule has 1 aliphatic heterocycles. The molecule has 2 aromatic rings. The molecule has 1 aromatic heterocycles. The molecule has 0 bridgehead atoms. The van der Waals surface area contributed by atoms with Crippen LogP contribution in [0.1, 0.15) is 11.3 Å². The Morgan fingerprint density at radius 1 is 1.18 bits per heavy atom. The highest BCUT2D eigenvalue weighted by atomic mass is 16.7. The SMILES string of the molecule is C(=NCc1ccco1)c1ccc2c(c1)OCO2. The normalized spacial score (nSPS) is 13.4. The van der Waals surface area contributed by atoms with Gasteiger partial charge in [-0.15, -0.1) is 0 Å². The van der Waals surface area contributed by atoms with Crippen LogP contribution in [0.2, 0.25) is 0 Å². The smallest absolute Gasteiger partial charge is 0.231 e. The minimum absolute atomic E-state index is 0.294. The van der Waals surface area contributed by atoms with Gasteiger partial charge in [0.25, 0.3) is 0 Å². The topological polar surface area (TPSA) is 44.0 Å². The highest BCUT2D eigenvalue weighted by Crippen LogP contribution is 2.31. The van der Waals surface area contributed by atoms with Crippen molar-refractivity contribution in [3.63, 3.8) is 0 Å². The van der Waals surface area contributed by atoms with Gasteiger partial charge in [-0.3, -0.25) is 4.99 Å². The molecule has 4 nitrogen and oxygen atoms in total. The molecule has 0 N–H and O–H groups in total. The average Bonchev–Trinajstić information content (AvgIpc) is 2.98. The summed E-state index contributed by atoms with van der Waals surface area (Å²) in [7, 11) is 0. The molecule has 1 aliphatic rings. The number of furan rings is 1. The Bertz CT molecular complexity index is 532. The minimum Gasteiger partial charge on any atom is -0.467 e. The standard InChI is InChI=1S/C13H11NO3/c1-2-11(15-5-1)8-14-7-10-3-4-12-13(6-10)17-9-16-12/h1-7H,8-9H2. The maximum atomic E-state index is 5.29. The van der Waals surface area contributed by atoms with Gasteiger partial charge in [-0.2, -0.15) is 0 Å². The minimum atomic E-state index is 0.294. The van der Waals surface area contributed by atoms with E-state index in [2.05, 4.69) is 4.99 Å². The second-order valence-electron chi connectivity index (χ2n) is 3.66. The van der Waals surface area contributed by atoms with Crippen LogP contribution in [0.5, 0.6) is 11.5 Å². The summed E-state index contributed by atoms with van der Waals surface area (Å²) < 4.78 is 15.7. The zero-order chi connectivity index (χ0) is 11.5. The molecule has 0 saturated heterocycles. The van der Waals surface area contributed by atoms with Crippen LogP contribution in [0.4, 0.5) is 0 Å². The van der Waals surface area contributed by atoms with E-state index in [0.29, 0.717) is 13.3 Å². The molecule has 0 amide bonds. The van der Waals surface area contributed by atoms with E-state index in [0.717, 1.165) is 22.8 Å². The lowest BCUT2D eigenvalue weighted by Gasteiger charge is -1.96. The van der Waals surface area contributed by atoms with E-state index >= 15 is 0 Å². The fraction of sp³-hybridized carbons (Fsp3) is 0.154. The Labute approximate surface area is 98.5 Å². The van der Waals surface area contributed by atoms with E-state index in [4.69, 9.17) is 13.9 Å². The molecule has 0 atom stereocenters. The second kappa shape index (κ2) is 4.33. The van der Waals surface area contributed by atoms with Crippen molar-refractivity contribution in [1.29, 1.82) is 0 Å². The van der Waals surface area contributed by atoms with Crippen molar-refractivity contribution in [2.75, 3.05) is 6.79 Å². The fourth-order valence-electron chi connectivity index (χ4n) is 1.64. The molecule has 3 rings (SSSR count). The number of rotatable bonds is 3. The summed E-state index contributed by atoms with van der Waals surface area (Å²) in [6.45, 7) is 0.837. The van der Waals surface area contributed by atoms with Crippen LogP contribution < -0.4 is 9.47 Å². The maximum Gasteiger partial charge on any atom is 0.231 e. The lowest BCUT2D eigenvalue weighted by molar-refractivity contribution is 0.174. The quantitative estimate of drug-likeness (QED) is 0.760. The molecular weight excluding hydrogens is 218 g/mol. The van der Waals surface area contributed by atoms with Gasteiger partial charge in [0, 0.05) is 6.21 Å². The lowest BCUT2D eigenvalue weighted by atomic mass is 10.2. The number of ether oxygens (including phenoxy) is 2. The zero-order valence-corrected chi connectivity index (χ0v) is 9.13. The molecule has 2 heterocycles. The summed E-state index contributed by atoms with van der Waals surface area (Å²) in [4.78, 5) is 4.29. The van der Waals surface area contributed by atoms with Gasteiger partial charge < -0.3 is 13.9 Å². The van der Waals surface area contributed by atoms with Crippen LogP contribution in [-0.4, -0.2) is 13.0 Å². The van der Waals surface area contributed by atoms with Gasteiger partial charge in [-0.25, -0.2) is 0 Å². The molecule has 0 fully saturated rings. The van der Waals surface area contributed by atoms with Gasteiger partial charge in [0.1, 0.15) is 5.76 Å². The molecule has 17 heavy (non-hydrogen) atoms. The number of nitrogens with zero attached hydrogens (tertiary/aromatic N) is 1. The first-order valence-electron chi connectivity index (χ1n) is 5.34. The zero-order valence-electron chi connectivity index (χ0n) is 9.13. The van der Waals surface area contributed by atoms with Crippen molar-refractivity contribution in [2.24, 2.45) is 4.99 Å². The van der Waals surface area contributed by atoms with Crippen LogP contribution in [0.3, 0.4) is 0 Å². The molecule has 1 aromatic carbocycles. The Hall–Kier alpha value is -2.23. The van der Waals surface area contributed by atoms with Crippen molar-refractivity contribution in [3.05, 3.63) is 47.9 Å². The summed E-state index contributed by atoms with van der Waals surface area (Å²) in [5, 5.41) is 0. The van der Waals surface area contributed by atoms with Gasteiger partial charge in [0.2, 0.25) is 6.79 Å². The number of benzene rings is 1. The summed E-state index contributed by atoms with van der Waals surface area (Å²) in [5.41, 5.74) is 0.987. The number of hydrogen-bond donors (Lipinski definition) is 0. The Kier molecular flexibility index (Phi) is 2.54. The highest BCUT2D eigenvalue weighted by molar-refractivity contribution is 5.81. The molecule has 86 valence electrons. The van der Waals surface area contributed by atoms with Gasteiger partial charge in [-0.05, 0) is 35.9 Å². The Morgan fingerprint density at radius 3 is 3.00 bits per heavy atom. The third kappa shape index (κ3) is 2.15. The average molecular weight is 229 g/mol. The van der Waals surface area contributed by atoms with E-state index in [-0.39, 0.29) is 0 Å². The van der Waals surface area contributed by atoms with Gasteiger partial charge >= 0.3 is 0 Å². The molecule has 0 saturated carbocycles. The first-order chi connectivity index (χ1) is 8.42. The fourth-order valence-corrected chi connectivity index (χ4v) is 1.64. The maximum absolute atomic E-state index is 5.29. The molecule has 0 spiro atoms. The molecular formula is C13H11NO3. The predicted octanol–water partition coefficient (Wildman–Crippen LogP) is 2.63. The monoisotopic (exact) mass is 229 g/mol. The predicted molar refractivity (Wildman–Crippen MR) is 62.6 cm³/mol. The third-order valence-corrected chi connectivity index (χ3v) is 2.46. The van der Waals surface area contributed by atoms with Crippen LogP contribution in [0, 0.1) is 0 Å². The first kappa shape index (κ1) is 9.96. The third-order valence-electron chi connectivity index (χ3n) is 2.46. The van der Waals surface area contributed by atoms with E-state index in [1.165, 1.54) is 0 Å². The second-order valence-corrected chi connectivity index (χ2v) is 3.66. The highest BCUT2D eigenvalue weighted by Gasteiger charge is 2.12.